The molecule has 96 valence electrons. The van der Waals surface area contributed by atoms with Gasteiger partial charge in [-0.25, -0.2) is 9.78 Å². The van der Waals surface area contributed by atoms with E-state index in [1.807, 2.05) is 17.6 Å². The molecule has 0 aliphatic heterocycles. The minimum absolute atomic E-state index is 0.297. The molecule has 0 spiro atoms. The van der Waals surface area contributed by atoms with Gasteiger partial charge in [-0.2, -0.15) is 0 Å². The number of aryl methyl sites for hydroxylation is 2. The summed E-state index contributed by atoms with van der Waals surface area (Å²) in [5, 5.41) is 9.22. The van der Waals surface area contributed by atoms with Crippen LogP contribution in [0.15, 0.2) is 18.2 Å². The Labute approximate surface area is 105 Å². The second-order valence-electron chi connectivity index (χ2n) is 4.14. The number of carboxylic acid groups (broad SMARTS) is 1. The number of methoxy groups -OCH3 is 1. The van der Waals surface area contributed by atoms with Crippen LogP contribution in [0.5, 0.6) is 0 Å². The molecule has 2 rings (SSSR count). The number of aromatic carboxylic acids is 1. The van der Waals surface area contributed by atoms with E-state index >= 15 is 0 Å². The molecule has 0 saturated heterocycles. The molecule has 1 heterocycles. The number of imidazole rings is 1. The van der Waals surface area contributed by atoms with Crippen molar-refractivity contribution in [3.63, 3.8) is 0 Å². The second kappa shape index (κ2) is 5.18. The van der Waals surface area contributed by atoms with Crippen LogP contribution in [0.1, 0.15) is 22.6 Å². The summed E-state index contributed by atoms with van der Waals surface area (Å²) in [6.45, 7) is 3.24. The lowest BCUT2D eigenvalue weighted by Crippen LogP contribution is -2.07. The van der Waals surface area contributed by atoms with Gasteiger partial charge in [-0.15, -0.1) is 0 Å². The van der Waals surface area contributed by atoms with E-state index in [2.05, 4.69) is 4.98 Å². The van der Waals surface area contributed by atoms with E-state index < -0.39 is 5.97 Å². The monoisotopic (exact) mass is 248 g/mol. The minimum Gasteiger partial charge on any atom is -0.478 e. The molecule has 2 aromatic rings. The lowest BCUT2D eigenvalue weighted by atomic mass is 10.2. The van der Waals surface area contributed by atoms with E-state index in [1.165, 1.54) is 0 Å². The summed E-state index contributed by atoms with van der Waals surface area (Å²) >= 11 is 0. The van der Waals surface area contributed by atoms with Crippen molar-refractivity contribution < 1.29 is 14.6 Å². The molecule has 0 unspecified atom stereocenters. The first-order valence-electron chi connectivity index (χ1n) is 5.83. The highest BCUT2D eigenvalue weighted by Gasteiger charge is 2.15. The van der Waals surface area contributed by atoms with Crippen molar-refractivity contribution in [1.82, 2.24) is 9.55 Å². The fourth-order valence-electron chi connectivity index (χ4n) is 2.11. The zero-order valence-electron chi connectivity index (χ0n) is 10.5. The average Bonchev–Trinajstić information content (AvgIpc) is 2.65. The van der Waals surface area contributed by atoms with Gasteiger partial charge in [0.1, 0.15) is 5.82 Å². The van der Waals surface area contributed by atoms with Crippen LogP contribution in [-0.4, -0.2) is 34.3 Å². The molecule has 0 saturated carbocycles. The summed E-state index contributed by atoms with van der Waals surface area (Å²) in [5.41, 5.74) is 1.72. The molecular formula is C13H16N2O3. The van der Waals surface area contributed by atoms with Crippen LogP contribution in [0.25, 0.3) is 11.0 Å². The van der Waals surface area contributed by atoms with Gasteiger partial charge in [0, 0.05) is 20.3 Å². The highest BCUT2D eigenvalue weighted by atomic mass is 16.5. The van der Waals surface area contributed by atoms with E-state index in [1.54, 1.807) is 19.2 Å². The predicted octanol–water partition coefficient (Wildman–Crippen LogP) is 2.08. The van der Waals surface area contributed by atoms with Gasteiger partial charge >= 0.3 is 5.97 Å². The van der Waals surface area contributed by atoms with Gasteiger partial charge in [-0.05, 0) is 25.5 Å². The van der Waals surface area contributed by atoms with Gasteiger partial charge in [0.2, 0.25) is 0 Å². The van der Waals surface area contributed by atoms with Crippen molar-refractivity contribution in [3.05, 3.63) is 29.6 Å². The van der Waals surface area contributed by atoms with E-state index in [4.69, 9.17) is 4.74 Å². The highest BCUT2D eigenvalue weighted by molar-refractivity contribution is 6.01. The third-order valence-corrected chi connectivity index (χ3v) is 2.92. The number of benzene rings is 1. The van der Waals surface area contributed by atoms with Crippen LogP contribution in [0.3, 0.4) is 0 Å². The number of aromatic nitrogens is 2. The van der Waals surface area contributed by atoms with Gasteiger partial charge in [-0.1, -0.05) is 6.07 Å². The van der Waals surface area contributed by atoms with Crippen molar-refractivity contribution in [1.29, 1.82) is 0 Å². The largest absolute Gasteiger partial charge is 0.478 e. The van der Waals surface area contributed by atoms with Crippen LogP contribution in [0.2, 0.25) is 0 Å². The standard InChI is InChI=1S/C13H16N2O3/c1-9-14-11-6-3-5-10(13(16)17)12(11)15(9)7-4-8-18-2/h3,5-6H,4,7-8H2,1-2H3,(H,16,17). The number of hydrogen-bond acceptors (Lipinski definition) is 3. The normalized spacial score (nSPS) is 11.0. The van der Waals surface area contributed by atoms with Crippen molar-refractivity contribution in [2.75, 3.05) is 13.7 Å². The maximum Gasteiger partial charge on any atom is 0.337 e. The van der Waals surface area contributed by atoms with Crippen LogP contribution < -0.4 is 0 Å². The fourth-order valence-corrected chi connectivity index (χ4v) is 2.11. The van der Waals surface area contributed by atoms with Crippen LogP contribution in [0.4, 0.5) is 0 Å². The number of fused-ring (bicyclic) bond motifs is 1. The van der Waals surface area contributed by atoms with Crippen molar-refractivity contribution in [2.24, 2.45) is 0 Å². The first-order chi connectivity index (χ1) is 8.65. The number of ether oxygens (including phenoxy) is 1. The molecule has 5 heteroatoms. The third kappa shape index (κ3) is 2.22. The molecule has 0 fully saturated rings. The number of carboxylic acids is 1. The van der Waals surface area contributed by atoms with Gasteiger partial charge in [0.15, 0.2) is 0 Å². The maximum atomic E-state index is 11.2. The lowest BCUT2D eigenvalue weighted by Gasteiger charge is -2.08. The SMILES string of the molecule is COCCCn1c(C)nc2cccc(C(=O)O)c21. The zero-order chi connectivity index (χ0) is 13.1. The summed E-state index contributed by atoms with van der Waals surface area (Å²) in [7, 11) is 1.65. The first-order valence-corrected chi connectivity index (χ1v) is 5.83. The molecule has 18 heavy (non-hydrogen) atoms. The van der Waals surface area contributed by atoms with E-state index in [0.717, 1.165) is 17.8 Å². The van der Waals surface area contributed by atoms with Gasteiger partial charge in [-0.3, -0.25) is 0 Å². The summed E-state index contributed by atoms with van der Waals surface area (Å²) in [6, 6.07) is 5.16. The van der Waals surface area contributed by atoms with Crippen molar-refractivity contribution in [3.8, 4) is 0 Å². The molecular weight excluding hydrogens is 232 g/mol. The first kappa shape index (κ1) is 12.6. The van der Waals surface area contributed by atoms with Crippen molar-refractivity contribution in [2.45, 2.75) is 19.9 Å². The molecule has 0 amide bonds. The topological polar surface area (TPSA) is 64.4 Å². The van der Waals surface area contributed by atoms with Gasteiger partial charge in [0.05, 0.1) is 16.6 Å². The Balaban J connectivity index is 2.49. The Kier molecular flexibility index (Phi) is 3.62. The summed E-state index contributed by atoms with van der Waals surface area (Å²) in [6.07, 6.45) is 0.830. The Hall–Kier alpha value is -1.88. The number of carbonyl (C=O) groups is 1. The summed E-state index contributed by atoms with van der Waals surface area (Å²) in [5.74, 6) is -0.0942. The quantitative estimate of drug-likeness (QED) is 0.823. The molecule has 0 radical (unpaired) electrons. The Bertz CT molecular complexity index is 575. The molecule has 0 aliphatic carbocycles. The third-order valence-electron chi connectivity index (χ3n) is 2.92. The maximum absolute atomic E-state index is 11.2. The number of para-hydroxylation sites is 1. The minimum atomic E-state index is -0.923. The van der Waals surface area contributed by atoms with Gasteiger partial charge in [0.25, 0.3) is 0 Å². The van der Waals surface area contributed by atoms with E-state index in [9.17, 15) is 9.90 Å². The van der Waals surface area contributed by atoms with Gasteiger partial charge < -0.3 is 14.4 Å². The zero-order valence-corrected chi connectivity index (χ0v) is 10.5. The highest BCUT2D eigenvalue weighted by Crippen LogP contribution is 2.20. The Morgan fingerprint density at radius 2 is 2.28 bits per heavy atom. The second-order valence-corrected chi connectivity index (χ2v) is 4.14. The Morgan fingerprint density at radius 1 is 1.50 bits per heavy atom. The molecule has 0 aliphatic rings. The fraction of sp³-hybridized carbons (Fsp3) is 0.385. The predicted molar refractivity (Wildman–Crippen MR) is 67.9 cm³/mol. The Morgan fingerprint density at radius 3 is 2.94 bits per heavy atom. The molecule has 1 aromatic heterocycles. The number of nitrogens with zero attached hydrogens (tertiary/aromatic N) is 2. The summed E-state index contributed by atoms with van der Waals surface area (Å²) < 4.78 is 6.96. The number of hydrogen-bond donors (Lipinski definition) is 1. The van der Waals surface area contributed by atoms with E-state index in [0.29, 0.717) is 24.2 Å². The number of rotatable bonds is 5. The van der Waals surface area contributed by atoms with Crippen LogP contribution in [0, 0.1) is 6.92 Å². The molecule has 1 N–H and O–H groups in total. The molecule has 0 atom stereocenters. The lowest BCUT2D eigenvalue weighted by molar-refractivity contribution is 0.0698. The van der Waals surface area contributed by atoms with Crippen LogP contribution in [-0.2, 0) is 11.3 Å². The average molecular weight is 248 g/mol. The smallest absolute Gasteiger partial charge is 0.337 e. The molecule has 0 bridgehead atoms. The van der Waals surface area contributed by atoms with Crippen molar-refractivity contribution >= 4 is 17.0 Å². The summed E-state index contributed by atoms with van der Waals surface area (Å²) in [4.78, 5) is 15.6. The molecule has 1 aromatic carbocycles. The van der Waals surface area contributed by atoms with E-state index in [-0.39, 0.29) is 0 Å². The van der Waals surface area contributed by atoms with Crippen LogP contribution >= 0.6 is 0 Å². The molecule has 5 nitrogen and oxygen atoms in total.